The summed E-state index contributed by atoms with van der Waals surface area (Å²) in [5.74, 6) is 0. The molecule has 5 heteroatoms. The number of nitrogens with zero attached hydrogens (tertiary/aromatic N) is 1. The molecule has 0 spiro atoms. The Morgan fingerprint density at radius 1 is 1.30 bits per heavy atom. The van der Waals surface area contributed by atoms with Gasteiger partial charge in [0.2, 0.25) is 0 Å². The highest BCUT2D eigenvalue weighted by atomic mass is 19.4. The first-order chi connectivity index (χ1) is 9.50. The fourth-order valence-electron chi connectivity index (χ4n) is 2.67. The zero-order chi connectivity index (χ0) is 14.6. The first-order valence-electron chi connectivity index (χ1n) is 7.11. The number of nitrogens with one attached hydrogen (secondary N) is 1. The zero-order valence-corrected chi connectivity index (χ0v) is 11.7. The van der Waals surface area contributed by atoms with E-state index in [9.17, 15) is 13.2 Å². The third-order valence-corrected chi connectivity index (χ3v) is 3.67. The lowest BCUT2D eigenvalue weighted by atomic mass is 10.1. The molecule has 0 aliphatic carbocycles. The van der Waals surface area contributed by atoms with Gasteiger partial charge in [0, 0.05) is 25.7 Å². The van der Waals surface area contributed by atoms with Crippen LogP contribution in [0.25, 0.3) is 0 Å². The van der Waals surface area contributed by atoms with E-state index in [1.54, 1.807) is 12.1 Å². The molecule has 1 fully saturated rings. The molecule has 2 rings (SSSR count). The van der Waals surface area contributed by atoms with E-state index in [0.29, 0.717) is 18.2 Å². The van der Waals surface area contributed by atoms with E-state index in [1.165, 1.54) is 6.07 Å². The fourth-order valence-corrected chi connectivity index (χ4v) is 2.67. The molecule has 1 aliphatic heterocycles. The van der Waals surface area contributed by atoms with Gasteiger partial charge in [-0.25, -0.2) is 0 Å². The van der Waals surface area contributed by atoms with Crippen molar-refractivity contribution in [1.82, 2.24) is 10.2 Å². The van der Waals surface area contributed by atoms with E-state index < -0.39 is 11.7 Å². The van der Waals surface area contributed by atoms with Gasteiger partial charge in [-0.05, 0) is 31.0 Å². The van der Waals surface area contributed by atoms with Crippen LogP contribution in [0.4, 0.5) is 13.2 Å². The van der Waals surface area contributed by atoms with E-state index in [1.807, 2.05) is 0 Å². The van der Waals surface area contributed by atoms with Gasteiger partial charge >= 0.3 is 6.18 Å². The molecule has 0 saturated carbocycles. The summed E-state index contributed by atoms with van der Waals surface area (Å²) in [4.78, 5) is 2.10. The maximum absolute atomic E-state index is 12.9. The van der Waals surface area contributed by atoms with Crippen LogP contribution in [0.15, 0.2) is 24.3 Å². The van der Waals surface area contributed by atoms with Crippen molar-refractivity contribution in [3.8, 4) is 0 Å². The summed E-state index contributed by atoms with van der Waals surface area (Å²) in [5, 5.41) is 3.43. The molecule has 1 saturated heterocycles. The maximum Gasteiger partial charge on any atom is 0.416 e. The fraction of sp³-hybridized carbons (Fsp3) is 0.600. The molecule has 1 N–H and O–H groups in total. The molecule has 1 atom stereocenters. The van der Waals surface area contributed by atoms with Crippen LogP contribution in [-0.4, -0.2) is 30.6 Å². The van der Waals surface area contributed by atoms with Crippen LogP contribution in [0.2, 0.25) is 0 Å². The quantitative estimate of drug-likeness (QED) is 0.893. The van der Waals surface area contributed by atoms with E-state index in [-0.39, 0.29) is 0 Å². The third kappa shape index (κ3) is 3.96. The molecule has 0 bridgehead atoms. The summed E-state index contributed by atoms with van der Waals surface area (Å²) in [6, 6.07) is 6.27. The summed E-state index contributed by atoms with van der Waals surface area (Å²) < 4.78 is 38.8. The van der Waals surface area contributed by atoms with Crippen LogP contribution < -0.4 is 5.32 Å². The highest BCUT2D eigenvalue weighted by molar-refractivity contribution is 5.29. The van der Waals surface area contributed by atoms with Crippen molar-refractivity contribution in [2.45, 2.75) is 38.5 Å². The maximum atomic E-state index is 12.9. The molecule has 1 unspecified atom stereocenters. The van der Waals surface area contributed by atoms with Crippen molar-refractivity contribution < 1.29 is 13.2 Å². The largest absolute Gasteiger partial charge is 0.416 e. The van der Waals surface area contributed by atoms with Crippen LogP contribution in [0, 0.1) is 0 Å². The Labute approximate surface area is 118 Å². The molecule has 0 amide bonds. The average molecular weight is 286 g/mol. The number of benzene rings is 1. The normalized spacial score (nSPS) is 20.5. The van der Waals surface area contributed by atoms with Crippen LogP contribution in [-0.2, 0) is 12.7 Å². The van der Waals surface area contributed by atoms with Crippen molar-refractivity contribution in [3.05, 3.63) is 35.4 Å². The van der Waals surface area contributed by atoms with Crippen LogP contribution in [0.1, 0.15) is 30.9 Å². The second-order valence-electron chi connectivity index (χ2n) is 5.33. The van der Waals surface area contributed by atoms with Gasteiger partial charge in [0.05, 0.1) is 5.56 Å². The third-order valence-electron chi connectivity index (χ3n) is 3.67. The molecule has 1 heterocycles. The second-order valence-corrected chi connectivity index (χ2v) is 5.33. The number of alkyl halides is 3. The van der Waals surface area contributed by atoms with Crippen LogP contribution in [0.3, 0.4) is 0 Å². The second kappa shape index (κ2) is 6.59. The lowest BCUT2D eigenvalue weighted by molar-refractivity contribution is -0.138. The van der Waals surface area contributed by atoms with Crippen LogP contribution >= 0.6 is 0 Å². The molecule has 0 aromatic heterocycles. The standard InChI is InChI=1S/C15H21F3N2/c1-2-8-19-13-7-9-20(11-13)10-12-5-3-4-6-14(12)15(16,17)18/h3-6,13,19H,2,7-11H2,1H3. The summed E-state index contributed by atoms with van der Waals surface area (Å²) >= 11 is 0. The Bertz CT molecular complexity index is 431. The predicted octanol–water partition coefficient (Wildman–Crippen LogP) is 3.28. The molecular weight excluding hydrogens is 265 g/mol. The van der Waals surface area contributed by atoms with Gasteiger partial charge in [0.1, 0.15) is 0 Å². The predicted molar refractivity (Wildman–Crippen MR) is 73.4 cm³/mol. The molecule has 0 radical (unpaired) electrons. The SMILES string of the molecule is CCCNC1CCN(Cc2ccccc2C(F)(F)F)C1. The lowest BCUT2D eigenvalue weighted by Gasteiger charge is -2.19. The number of likely N-dealkylation sites (tertiary alicyclic amines) is 1. The van der Waals surface area contributed by atoms with E-state index in [4.69, 9.17) is 0 Å². The monoisotopic (exact) mass is 286 g/mol. The summed E-state index contributed by atoms with van der Waals surface area (Å²) in [6.45, 7) is 5.14. The minimum absolute atomic E-state index is 0.371. The van der Waals surface area contributed by atoms with Gasteiger partial charge in [-0.3, -0.25) is 4.90 Å². The topological polar surface area (TPSA) is 15.3 Å². The van der Waals surface area contributed by atoms with Gasteiger partial charge in [-0.2, -0.15) is 13.2 Å². The molecule has 1 aromatic rings. The minimum Gasteiger partial charge on any atom is -0.313 e. The molecule has 2 nitrogen and oxygen atoms in total. The smallest absolute Gasteiger partial charge is 0.313 e. The van der Waals surface area contributed by atoms with Crippen LogP contribution in [0.5, 0.6) is 0 Å². The molecule has 112 valence electrons. The number of halogens is 3. The Balaban J connectivity index is 1.98. The van der Waals surface area contributed by atoms with Crippen molar-refractivity contribution in [1.29, 1.82) is 0 Å². The van der Waals surface area contributed by atoms with Crippen molar-refractivity contribution in [2.75, 3.05) is 19.6 Å². The number of rotatable bonds is 5. The first kappa shape index (κ1) is 15.3. The van der Waals surface area contributed by atoms with Gasteiger partial charge in [0.15, 0.2) is 0 Å². The van der Waals surface area contributed by atoms with Crippen molar-refractivity contribution >= 4 is 0 Å². The zero-order valence-electron chi connectivity index (χ0n) is 11.7. The molecule has 1 aromatic carbocycles. The van der Waals surface area contributed by atoms with Gasteiger partial charge in [-0.1, -0.05) is 25.1 Å². The number of hydrogen-bond donors (Lipinski definition) is 1. The Hall–Kier alpha value is -1.07. The van der Waals surface area contributed by atoms with Gasteiger partial charge < -0.3 is 5.32 Å². The molecular formula is C15H21F3N2. The lowest BCUT2D eigenvalue weighted by Crippen LogP contribution is -2.33. The average Bonchev–Trinajstić information content (AvgIpc) is 2.83. The highest BCUT2D eigenvalue weighted by Gasteiger charge is 2.33. The Morgan fingerprint density at radius 3 is 2.75 bits per heavy atom. The van der Waals surface area contributed by atoms with E-state index in [0.717, 1.165) is 38.5 Å². The molecule has 20 heavy (non-hydrogen) atoms. The first-order valence-corrected chi connectivity index (χ1v) is 7.11. The molecule has 1 aliphatic rings. The van der Waals surface area contributed by atoms with E-state index >= 15 is 0 Å². The van der Waals surface area contributed by atoms with E-state index in [2.05, 4.69) is 17.1 Å². The summed E-state index contributed by atoms with van der Waals surface area (Å²) in [7, 11) is 0. The minimum atomic E-state index is -4.27. The summed E-state index contributed by atoms with van der Waals surface area (Å²) in [5.41, 5.74) is -0.138. The van der Waals surface area contributed by atoms with Crippen molar-refractivity contribution in [3.63, 3.8) is 0 Å². The van der Waals surface area contributed by atoms with Crippen molar-refractivity contribution in [2.24, 2.45) is 0 Å². The Kier molecular flexibility index (Phi) is 5.05. The van der Waals surface area contributed by atoms with Gasteiger partial charge in [-0.15, -0.1) is 0 Å². The van der Waals surface area contributed by atoms with Gasteiger partial charge in [0.25, 0.3) is 0 Å². The summed E-state index contributed by atoms with van der Waals surface area (Å²) in [6.07, 6.45) is -2.18. The highest BCUT2D eigenvalue weighted by Crippen LogP contribution is 2.32. The Morgan fingerprint density at radius 2 is 2.05 bits per heavy atom. The number of hydrogen-bond acceptors (Lipinski definition) is 2.